The van der Waals surface area contributed by atoms with Gasteiger partial charge in [-0.15, -0.1) is 0 Å². The van der Waals surface area contributed by atoms with Crippen LogP contribution < -0.4 is 5.73 Å². The van der Waals surface area contributed by atoms with E-state index in [-0.39, 0.29) is 23.8 Å². The predicted octanol–water partition coefficient (Wildman–Crippen LogP) is -1.22. The first kappa shape index (κ1) is 13.3. The number of piperidine rings is 1. The SMILES string of the molecule is NC(=O)C1CCCN(C(=O)CN2CC[C@@H](O)C2)C1. The minimum atomic E-state index is -0.316. The van der Waals surface area contributed by atoms with Gasteiger partial charge in [-0.1, -0.05) is 0 Å². The highest BCUT2D eigenvalue weighted by molar-refractivity contribution is 5.81. The molecule has 1 unspecified atom stereocenters. The number of rotatable bonds is 3. The number of aliphatic hydroxyl groups excluding tert-OH is 1. The third-order valence-corrected chi connectivity index (χ3v) is 3.78. The molecule has 2 aliphatic heterocycles. The lowest BCUT2D eigenvalue weighted by Gasteiger charge is -2.32. The Morgan fingerprint density at radius 1 is 1.22 bits per heavy atom. The molecular weight excluding hydrogens is 234 g/mol. The van der Waals surface area contributed by atoms with E-state index in [0.717, 1.165) is 25.8 Å². The summed E-state index contributed by atoms with van der Waals surface area (Å²) in [6.45, 7) is 2.82. The fourth-order valence-corrected chi connectivity index (χ4v) is 2.68. The zero-order valence-electron chi connectivity index (χ0n) is 10.5. The number of hydrogen-bond acceptors (Lipinski definition) is 4. The number of β-amino-alcohol motifs (C(OH)–C–C–N with tert-alkyl or cyclic N) is 1. The van der Waals surface area contributed by atoms with Crippen LogP contribution in [0.3, 0.4) is 0 Å². The van der Waals surface area contributed by atoms with Gasteiger partial charge in [0, 0.05) is 26.2 Å². The Hall–Kier alpha value is -1.14. The van der Waals surface area contributed by atoms with Crippen LogP contribution in [0.5, 0.6) is 0 Å². The van der Waals surface area contributed by atoms with Crippen molar-refractivity contribution in [3.8, 4) is 0 Å². The van der Waals surface area contributed by atoms with Crippen molar-refractivity contribution in [1.29, 1.82) is 0 Å². The van der Waals surface area contributed by atoms with E-state index in [4.69, 9.17) is 5.73 Å². The molecule has 2 amide bonds. The molecule has 0 bridgehead atoms. The van der Waals surface area contributed by atoms with E-state index < -0.39 is 0 Å². The summed E-state index contributed by atoms with van der Waals surface area (Å²) in [5, 5.41) is 9.41. The molecule has 6 heteroatoms. The quantitative estimate of drug-likeness (QED) is 0.661. The molecule has 3 N–H and O–H groups in total. The van der Waals surface area contributed by atoms with Crippen molar-refractivity contribution < 1.29 is 14.7 Å². The first-order valence-electron chi connectivity index (χ1n) is 6.54. The van der Waals surface area contributed by atoms with E-state index in [1.807, 2.05) is 4.90 Å². The maximum atomic E-state index is 12.1. The summed E-state index contributed by atoms with van der Waals surface area (Å²) >= 11 is 0. The zero-order chi connectivity index (χ0) is 13.1. The molecule has 2 saturated heterocycles. The third kappa shape index (κ3) is 3.20. The molecule has 0 spiro atoms. The molecule has 2 atom stereocenters. The maximum Gasteiger partial charge on any atom is 0.236 e. The van der Waals surface area contributed by atoms with Crippen LogP contribution in [-0.4, -0.2) is 65.5 Å². The summed E-state index contributed by atoms with van der Waals surface area (Å²) in [6.07, 6.45) is 2.04. The van der Waals surface area contributed by atoms with E-state index in [1.165, 1.54) is 0 Å². The molecule has 0 aromatic carbocycles. The molecule has 2 heterocycles. The normalized spacial score (nSPS) is 29.5. The van der Waals surface area contributed by atoms with E-state index in [1.54, 1.807) is 4.90 Å². The molecule has 0 aromatic rings. The Kier molecular flexibility index (Phi) is 4.19. The van der Waals surface area contributed by atoms with Crippen molar-refractivity contribution in [1.82, 2.24) is 9.80 Å². The first-order valence-corrected chi connectivity index (χ1v) is 6.54. The van der Waals surface area contributed by atoms with E-state index in [9.17, 15) is 14.7 Å². The van der Waals surface area contributed by atoms with Crippen LogP contribution in [0, 0.1) is 5.92 Å². The molecule has 2 fully saturated rings. The van der Waals surface area contributed by atoms with Crippen molar-refractivity contribution in [2.45, 2.75) is 25.4 Å². The van der Waals surface area contributed by atoms with Gasteiger partial charge in [0.25, 0.3) is 0 Å². The van der Waals surface area contributed by atoms with Crippen molar-refractivity contribution in [3.05, 3.63) is 0 Å². The van der Waals surface area contributed by atoms with Gasteiger partial charge in [0.15, 0.2) is 0 Å². The largest absolute Gasteiger partial charge is 0.392 e. The van der Waals surface area contributed by atoms with Crippen molar-refractivity contribution in [2.24, 2.45) is 11.7 Å². The van der Waals surface area contributed by atoms with Crippen LogP contribution in [0.4, 0.5) is 0 Å². The lowest BCUT2D eigenvalue weighted by molar-refractivity contribution is -0.135. The summed E-state index contributed by atoms with van der Waals surface area (Å²) in [7, 11) is 0. The molecule has 0 aliphatic carbocycles. The second kappa shape index (κ2) is 5.67. The number of carbonyl (C=O) groups excluding carboxylic acids is 2. The van der Waals surface area contributed by atoms with Crippen LogP contribution in [-0.2, 0) is 9.59 Å². The Morgan fingerprint density at radius 2 is 2.00 bits per heavy atom. The van der Waals surface area contributed by atoms with Crippen molar-refractivity contribution in [3.63, 3.8) is 0 Å². The standard InChI is InChI=1S/C12H21N3O3/c13-12(18)9-2-1-4-15(6-9)11(17)8-14-5-3-10(16)7-14/h9-10,16H,1-8H2,(H2,13,18)/t9?,10-/m1/s1. The van der Waals surface area contributed by atoms with Gasteiger partial charge in [-0.05, 0) is 19.3 Å². The predicted molar refractivity (Wildman–Crippen MR) is 65.6 cm³/mol. The summed E-state index contributed by atoms with van der Waals surface area (Å²) in [5.74, 6) is -0.481. The number of nitrogens with two attached hydrogens (primary N) is 1. The second-order valence-electron chi connectivity index (χ2n) is 5.26. The van der Waals surface area contributed by atoms with Gasteiger partial charge in [0.2, 0.25) is 11.8 Å². The van der Waals surface area contributed by atoms with Gasteiger partial charge in [-0.3, -0.25) is 14.5 Å². The van der Waals surface area contributed by atoms with Crippen LogP contribution in [0.25, 0.3) is 0 Å². The smallest absolute Gasteiger partial charge is 0.236 e. The Morgan fingerprint density at radius 3 is 2.61 bits per heavy atom. The zero-order valence-corrected chi connectivity index (χ0v) is 10.5. The number of likely N-dealkylation sites (tertiary alicyclic amines) is 2. The lowest BCUT2D eigenvalue weighted by atomic mass is 9.97. The van der Waals surface area contributed by atoms with Crippen molar-refractivity contribution in [2.75, 3.05) is 32.7 Å². The number of nitrogens with zero attached hydrogens (tertiary/aromatic N) is 2. The average Bonchev–Trinajstić information content (AvgIpc) is 2.75. The lowest BCUT2D eigenvalue weighted by Crippen LogP contribution is -2.47. The summed E-state index contributed by atoms with van der Waals surface area (Å²) in [6, 6.07) is 0. The highest BCUT2D eigenvalue weighted by Gasteiger charge is 2.29. The summed E-state index contributed by atoms with van der Waals surface area (Å²) < 4.78 is 0. The van der Waals surface area contributed by atoms with Gasteiger partial charge in [-0.25, -0.2) is 0 Å². The van der Waals surface area contributed by atoms with Crippen molar-refractivity contribution >= 4 is 11.8 Å². The third-order valence-electron chi connectivity index (χ3n) is 3.78. The Balaban J connectivity index is 1.83. The van der Waals surface area contributed by atoms with Crippen LogP contribution in [0.2, 0.25) is 0 Å². The minimum Gasteiger partial charge on any atom is -0.392 e. The number of hydrogen-bond donors (Lipinski definition) is 2. The fourth-order valence-electron chi connectivity index (χ4n) is 2.68. The van der Waals surface area contributed by atoms with E-state index >= 15 is 0 Å². The average molecular weight is 255 g/mol. The molecule has 0 saturated carbocycles. The monoisotopic (exact) mass is 255 g/mol. The topological polar surface area (TPSA) is 86.9 Å². The van der Waals surface area contributed by atoms with Crippen LogP contribution in [0.15, 0.2) is 0 Å². The Bertz CT molecular complexity index is 335. The number of primary amides is 1. The number of aliphatic hydroxyl groups is 1. The summed E-state index contributed by atoms with van der Waals surface area (Å²) in [5.41, 5.74) is 5.29. The van der Waals surface area contributed by atoms with Crippen LogP contribution in [0.1, 0.15) is 19.3 Å². The molecule has 18 heavy (non-hydrogen) atoms. The molecule has 2 aliphatic rings. The molecule has 0 aromatic heterocycles. The number of carbonyl (C=O) groups is 2. The van der Waals surface area contributed by atoms with Gasteiger partial charge in [0.05, 0.1) is 18.6 Å². The molecule has 102 valence electrons. The van der Waals surface area contributed by atoms with Gasteiger partial charge >= 0.3 is 0 Å². The molecule has 0 radical (unpaired) electrons. The Labute approximate surface area is 107 Å². The molecular formula is C12H21N3O3. The molecule has 2 rings (SSSR count). The van der Waals surface area contributed by atoms with Gasteiger partial charge in [0.1, 0.15) is 0 Å². The number of amides is 2. The highest BCUT2D eigenvalue weighted by Crippen LogP contribution is 2.17. The summed E-state index contributed by atoms with van der Waals surface area (Å²) in [4.78, 5) is 26.9. The first-order chi connectivity index (χ1) is 8.56. The molecule has 6 nitrogen and oxygen atoms in total. The van der Waals surface area contributed by atoms with E-state index in [0.29, 0.717) is 26.2 Å². The van der Waals surface area contributed by atoms with E-state index in [2.05, 4.69) is 0 Å². The van der Waals surface area contributed by atoms with Gasteiger partial charge < -0.3 is 15.7 Å². The maximum absolute atomic E-state index is 12.1. The minimum absolute atomic E-state index is 0.0371. The highest BCUT2D eigenvalue weighted by atomic mass is 16.3. The second-order valence-corrected chi connectivity index (χ2v) is 5.26. The fraction of sp³-hybridized carbons (Fsp3) is 0.833. The van der Waals surface area contributed by atoms with Crippen LogP contribution >= 0.6 is 0 Å². The van der Waals surface area contributed by atoms with Gasteiger partial charge in [-0.2, -0.15) is 0 Å².